The maximum absolute atomic E-state index is 13.9. The van der Waals surface area contributed by atoms with Crippen molar-refractivity contribution in [1.29, 1.82) is 0 Å². The third-order valence-corrected chi connectivity index (χ3v) is 7.57. The smallest absolute Gasteiger partial charge is 0.289 e. The van der Waals surface area contributed by atoms with Gasteiger partial charge in [-0.3, -0.25) is 33.8 Å². The molecule has 0 aromatic carbocycles. The molecule has 2 heterocycles. The monoisotopic (exact) mass is 585 g/mol. The van der Waals surface area contributed by atoms with Gasteiger partial charge in [0.2, 0.25) is 23.5 Å². The van der Waals surface area contributed by atoms with E-state index in [9.17, 15) is 28.8 Å². The molecule has 1 aliphatic heterocycles. The Morgan fingerprint density at radius 1 is 1.02 bits per heavy atom. The number of rotatable bonds is 13. The molecule has 13 nitrogen and oxygen atoms in total. The highest BCUT2D eigenvalue weighted by Crippen LogP contribution is 2.31. The lowest BCUT2D eigenvalue weighted by molar-refractivity contribution is -0.145. The van der Waals surface area contributed by atoms with E-state index in [1.54, 1.807) is 20.8 Å². The van der Waals surface area contributed by atoms with Crippen LogP contribution in [0.1, 0.15) is 83.6 Å². The average molecular weight is 586 g/mol. The number of likely N-dealkylation sites (tertiary alicyclic amines) is 1. The predicted octanol–water partition coefficient (Wildman–Crippen LogP) is 0.497. The minimum Gasteiger partial charge on any atom is -0.347 e. The van der Waals surface area contributed by atoms with Crippen LogP contribution < -0.4 is 21.3 Å². The van der Waals surface area contributed by atoms with E-state index >= 15 is 0 Å². The molecule has 4 atom stereocenters. The maximum Gasteiger partial charge on any atom is 0.289 e. The highest BCUT2D eigenvalue weighted by Gasteiger charge is 2.46. The molecule has 3 rings (SSSR count). The number of carbonyl (C=O) groups excluding carboxylic acids is 6. The fourth-order valence-corrected chi connectivity index (χ4v) is 5.04. The van der Waals surface area contributed by atoms with Crippen LogP contribution in [0.5, 0.6) is 0 Å². The first-order valence-electron chi connectivity index (χ1n) is 14.7. The number of aromatic nitrogens is 2. The SMILES string of the molecule is CCCC(NC(=O)C1[C@@H](CC)CCN1C(=O)C(NC(=O)CNC(=O)c1cnccn1)C(C)(C)C)C(=O)C(=O)NC1CC1. The van der Waals surface area contributed by atoms with Crippen LogP contribution in [0.25, 0.3) is 0 Å². The van der Waals surface area contributed by atoms with E-state index in [0.717, 1.165) is 12.8 Å². The van der Waals surface area contributed by atoms with Crippen LogP contribution >= 0.6 is 0 Å². The van der Waals surface area contributed by atoms with Gasteiger partial charge >= 0.3 is 0 Å². The van der Waals surface area contributed by atoms with Crippen LogP contribution in [0, 0.1) is 11.3 Å². The molecule has 1 aromatic heterocycles. The zero-order chi connectivity index (χ0) is 31.0. The van der Waals surface area contributed by atoms with Gasteiger partial charge < -0.3 is 26.2 Å². The number of carbonyl (C=O) groups is 6. The van der Waals surface area contributed by atoms with Crippen molar-refractivity contribution < 1.29 is 28.8 Å². The van der Waals surface area contributed by atoms with Gasteiger partial charge in [0.05, 0.1) is 18.8 Å². The van der Waals surface area contributed by atoms with Crippen molar-refractivity contribution in [2.45, 2.75) is 97.3 Å². The minimum atomic E-state index is -0.998. The topological polar surface area (TPSA) is 180 Å². The van der Waals surface area contributed by atoms with Crippen molar-refractivity contribution in [3.05, 3.63) is 24.3 Å². The molecule has 13 heteroatoms. The van der Waals surface area contributed by atoms with Gasteiger partial charge in [-0.05, 0) is 37.0 Å². The summed E-state index contributed by atoms with van der Waals surface area (Å²) in [5.74, 6) is -3.64. The molecule has 2 fully saturated rings. The lowest BCUT2D eigenvalue weighted by Crippen LogP contribution is -2.60. The Labute approximate surface area is 246 Å². The summed E-state index contributed by atoms with van der Waals surface area (Å²) in [4.78, 5) is 87.2. The molecule has 5 amide bonds. The summed E-state index contributed by atoms with van der Waals surface area (Å²) in [6, 6.07) is -2.84. The number of hydrogen-bond donors (Lipinski definition) is 4. The molecule has 0 radical (unpaired) electrons. The van der Waals surface area contributed by atoms with E-state index < -0.39 is 58.9 Å². The third kappa shape index (κ3) is 8.56. The summed E-state index contributed by atoms with van der Waals surface area (Å²) >= 11 is 0. The normalized spacial score (nSPS) is 19.8. The highest BCUT2D eigenvalue weighted by molar-refractivity contribution is 6.38. The summed E-state index contributed by atoms with van der Waals surface area (Å²) in [5, 5.41) is 10.6. The van der Waals surface area contributed by atoms with Gasteiger partial charge in [0.1, 0.15) is 17.8 Å². The Morgan fingerprint density at radius 2 is 1.74 bits per heavy atom. The molecule has 0 spiro atoms. The van der Waals surface area contributed by atoms with Gasteiger partial charge in [0.15, 0.2) is 0 Å². The zero-order valence-electron chi connectivity index (χ0n) is 25.1. The van der Waals surface area contributed by atoms with Crippen LogP contribution in [-0.4, -0.2) is 87.4 Å². The number of nitrogens with zero attached hydrogens (tertiary/aromatic N) is 3. The van der Waals surface area contributed by atoms with Crippen molar-refractivity contribution in [2.75, 3.05) is 13.1 Å². The standard InChI is InChI=1S/C29H43N7O6/c1-6-8-19(23(38)27(41)33-18-9-10-18)34-26(40)22-17(7-2)11-14-36(22)28(42)24(29(3,4)5)35-21(37)16-32-25(39)20-15-30-12-13-31-20/h12-13,15,17-19,22,24H,6-11,14,16H2,1-5H3,(H,32,39)(H,33,41)(H,34,40)(H,35,37)/t17-,19?,22?,24?/m0/s1. The molecule has 3 unspecified atom stereocenters. The molecule has 0 bridgehead atoms. The molecule has 2 aliphatic rings. The van der Waals surface area contributed by atoms with Gasteiger partial charge in [0, 0.05) is 25.0 Å². The first-order valence-corrected chi connectivity index (χ1v) is 14.7. The number of nitrogens with one attached hydrogen (secondary N) is 4. The molecule has 1 saturated carbocycles. The van der Waals surface area contributed by atoms with Crippen molar-refractivity contribution in [3.8, 4) is 0 Å². The molecule has 230 valence electrons. The quantitative estimate of drug-likeness (QED) is 0.242. The van der Waals surface area contributed by atoms with Gasteiger partial charge in [-0.25, -0.2) is 4.98 Å². The first-order chi connectivity index (χ1) is 19.9. The number of Topliss-reactive ketones (excluding diaryl/α,β-unsaturated/α-hetero) is 1. The van der Waals surface area contributed by atoms with Crippen molar-refractivity contribution in [1.82, 2.24) is 36.1 Å². The van der Waals surface area contributed by atoms with Crippen LogP contribution in [-0.2, 0) is 24.0 Å². The average Bonchev–Trinajstić information content (AvgIpc) is 3.66. The molecule has 42 heavy (non-hydrogen) atoms. The van der Waals surface area contributed by atoms with Gasteiger partial charge in [-0.15, -0.1) is 0 Å². The molecular formula is C29H43N7O6. The number of hydrogen-bond acceptors (Lipinski definition) is 8. The lowest BCUT2D eigenvalue weighted by Gasteiger charge is -2.36. The second-order valence-corrected chi connectivity index (χ2v) is 12.0. The Balaban J connectivity index is 1.71. The maximum atomic E-state index is 13.9. The summed E-state index contributed by atoms with van der Waals surface area (Å²) in [6.45, 7) is 9.09. The fraction of sp³-hybridized carbons (Fsp3) is 0.655. The molecule has 1 aliphatic carbocycles. The summed E-state index contributed by atoms with van der Waals surface area (Å²) in [5.41, 5.74) is -0.677. The predicted molar refractivity (Wildman–Crippen MR) is 153 cm³/mol. The molecular weight excluding hydrogens is 542 g/mol. The van der Waals surface area contributed by atoms with E-state index in [1.165, 1.54) is 23.5 Å². The zero-order valence-corrected chi connectivity index (χ0v) is 25.1. The second-order valence-electron chi connectivity index (χ2n) is 12.0. The fourth-order valence-electron chi connectivity index (χ4n) is 5.04. The molecule has 1 saturated heterocycles. The summed E-state index contributed by atoms with van der Waals surface area (Å²) in [6.07, 6.45) is 7.79. The van der Waals surface area contributed by atoms with Crippen LogP contribution in [0.15, 0.2) is 18.6 Å². The first kappa shape index (κ1) is 32.6. The molecule has 1 aromatic rings. The third-order valence-electron chi connectivity index (χ3n) is 7.57. The number of amides is 5. The Morgan fingerprint density at radius 3 is 2.31 bits per heavy atom. The van der Waals surface area contributed by atoms with Crippen LogP contribution in [0.2, 0.25) is 0 Å². The van der Waals surface area contributed by atoms with Gasteiger partial charge in [-0.1, -0.05) is 47.5 Å². The second kappa shape index (κ2) is 14.3. The molecule has 4 N–H and O–H groups in total. The van der Waals surface area contributed by atoms with Crippen molar-refractivity contribution >= 4 is 35.3 Å². The van der Waals surface area contributed by atoms with E-state index in [1.807, 2.05) is 13.8 Å². The van der Waals surface area contributed by atoms with Crippen LogP contribution in [0.4, 0.5) is 0 Å². The Kier molecular flexibility index (Phi) is 11.1. The summed E-state index contributed by atoms with van der Waals surface area (Å²) in [7, 11) is 0. The largest absolute Gasteiger partial charge is 0.347 e. The van der Waals surface area contributed by atoms with Crippen molar-refractivity contribution in [3.63, 3.8) is 0 Å². The Hall–Kier alpha value is -3.90. The Bertz CT molecular complexity index is 1160. The van der Waals surface area contributed by atoms with E-state index in [2.05, 4.69) is 31.2 Å². The van der Waals surface area contributed by atoms with E-state index in [-0.39, 0.29) is 24.2 Å². The van der Waals surface area contributed by atoms with E-state index in [4.69, 9.17) is 0 Å². The lowest BCUT2D eigenvalue weighted by atomic mass is 9.85. The van der Waals surface area contributed by atoms with Crippen LogP contribution in [0.3, 0.4) is 0 Å². The summed E-state index contributed by atoms with van der Waals surface area (Å²) < 4.78 is 0. The van der Waals surface area contributed by atoms with Gasteiger partial charge in [-0.2, -0.15) is 0 Å². The highest BCUT2D eigenvalue weighted by atomic mass is 16.2. The number of ketones is 1. The van der Waals surface area contributed by atoms with E-state index in [0.29, 0.717) is 32.2 Å². The van der Waals surface area contributed by atoms with Gasteiger partial charge in [0.25, 0.3) is 11.8 Å². The minimum absolute atomic E-state index is 0.0109. The van der Waals surface area contributed by atoms with Crippen molar-refractivity contribution in [2.24, 2.45) is 11.3 Å².